The monoisotopic (exact) mass is 320 g/mol. The molecule has 3 rings (SSSR count). The first-order chi connectivity index (χ1) is 11.2. The van der Waals surface area contributed by atoms with E-state index in [4.69, 9.17) is 10.5 Å². The van der Waals surface area contributed by atoms with Crippen molar-refractivity contribution in [3.05, 3.63) is 35.6 Å². The van der Waals surface area contributed by atoms with Gasteiger partial charge >= 0.3 is 0 Å². The average Bonchev–Trinajstić information content (AvgIpc) is 3.02. The van der Waals surface area contributed by atoms with Crippen LogP contribution in [0.3, 0.4) is 0 Å². The highest BCUT2D eigenvalue weighted by Gasteiger charge is 2.43. The molecule has 1 aromatic rings. The van der Waals surface area contributed by atoms with Gasteiger partial charge in [0.2, 0.25) is 5.91 Å². The molecular formula is C18H25FN2O2. The van der Waals surface area contributed by atoms with Gasteiger partial charge in [-0.15, -0.1) is 0 Å². The van der Waals surface area contributed by atoms with E-state index in [-0.39, 0.29) is 17.8 Å². The Labute approximate surface area is 136 Å². The van der Waals surface area contributed by atoms with Gasteiger partial charge < -0.3 is 15.8 Å². The van der Waals surface area contributed by atoms with Crippen LogP contribution in [-0.2, 0) is 14.9 Å². The molecule has 3 N–H and O–H groups in total. The summed E-state index contributed by atoms with van der Waals surface area (Å²) in [7, 11) is 0. The minimum absolute atomic E-state index is 0.00301. The summed E-state index contributed by atoms with van der Waals surface area (Å²) in [6.07, 6.45) is 4.31. The molecular weight excluding hydrogens is 295 g/mol. The second-order valence-electron chi connectivity index (χ2n) is 6.71. The SMILES string of the molecule is NCC1CCCC1NC(=O)C1(c2cccc(F)c2)CCOCC1. The summed E-state index contributed by atoms with van der Waals surface area (Å²) < 4.78 is 19.1. The van der Waals surface area contributed by atoms with Crippen LogP contribution in [0.15, 0.2) is 24.3 Å². The van der Waals surface area contributed by atoms with E-state index in [1.54, 1.807) is 6.07 Å². The van der Waals surface area contributed by atoms with E-state index in [1.807, 2.05) is 6.07 Å². The molecule has 2 unspecified atom stereocenters. The van der Waals surface area contributed by atoms with Crippen molar-refractivity contribution in [1.82, 2.24) is 5.32 Å². The smallest absolute Gasteiger partial charge is 0.231 e. The largest absolute Gasteiger partial charge is 0.381 e. The van der Waals surface area contributed by atoms with Crippen LogP contribution in [0.1, 0.15) is 37.7 Å². The van der Waals surface area contributed by atoms with Crippen molar-refractivity contribution in [2.24, 2.45) is 11.7 Å². The zero-order valence-corrected chi connectivity index (χ0v) is 13.4. The molecule has 126 valence electrons. The minimum atomic E-state index is -0.692. The van der Waals surface area contributed by atoms with Gasteiger partial charge in [-0.25, -0.2) is 4.39 Å². The standard InChI is InChI=1S/C18H25FN2O2/c19-15-5-2-4-14(11-15)18(7-9-23-10-8-18)17(22)21-16-6-1-3-13(16)12-20/h2,4-5,11,13,16H,1,3,6-10,12,20H2,(H,21,22). The molecule has 1 aliphatic carbocycles. The molecule has 1 aromatic carbocycles. The Kier molecular flexibility index (Phi) is 4.97. The summed E-state index contributed by atoms with van der Waals surface area (Å²) in [6, 6.07) is 6.56. The topological polar surface area (TPSA) is 64.3 Å². The van der Waals surface area contributed by atoms with Crippen LogP contribution < -0.4 is 11.1 Å². The molecule has 2 fully saturated rings. The van der Waals surface area contributed by atoms with Crippen LogP contribution in [0.25, 0.3) is 0 Å². The number of carbonyl (C=O) groups excluding carboxylic acids is 1. The third kappa shape index (κ3) is 3.26. The normalized spacial score (nSPS) is 26.9. The summed E-state index contributed by atoms with van der Waals surface area (Å²) in [6.45, 7) is 1.64. The van der Waals surface area contributed by atoms with Crippen molar-refractivity contribution < 1.29 is 13.9 Å². The summed E-state index contributed by atoms with van der Waals surface area (Å²) in [5, 5.41) is 3.21. The molecule has 2 atom stereocenters. The van der Waals surface area contributed by atoms with Crippen LogP contribution in [-0.4, -0.2) is 31.7 Å². The summed E-state index contributed by atoms with van der Waals surface area (Å²) in [5.74, 6) is 0.0435. The number of halogens is 1. The molecule has 1 heterocycles. The number of amides is 1. The predicted octanol–water partition coefficient (Wildman–Crippen LogP) is 2.12. The fourth-order valence-corrected chi connectivity index (χ4v) is 3.97. The van der Waals surface area contributed by atoms with Gasteiger partial charge in [-0.1, -0.05) is 18.6 Å². The van der Waals surface area contributed by atoms with Gasteiger partial charge in [-0.3, -0.25) is 4.79 Å². The Balaban J connectivity index is 1.85. The van der Waals surface area contributed by atoms with E-state index in [2.05, 4.69) is 5.32 Å². The molecule has 1 saturated heterocycles. The van der Waals surface area contributed by atoms with E-state index < -0.39 is 5.41 Å². The second kappa shape index (κ2) is 6.97. The number of hydrogen-bond acceptors (Lipinski definition) is 3. The van der Waals surface area contributed by atoms with Gasteiger partial charge in [0.15, 0.2) is 0 Å². The van der Waals surface area contributed by atoms with Gasteiger partial charge in [0.1, 0.15) is 5.82 Å². The van der Waals surface area contributed by atoms with Crippen LogP contribution in [0, 0.1) is 11.7 Å². The molecule has 23 heavy (non-hydrogen) atoms. The van der Waals surface area contributed by atoms with E-state index in [9.17, 15) is 9.18 Å². The Morgan fingerprint density at radius 1 is 1.35 bits per heavy atom. The molecule has 0 spiro atoms. The number of nitrogens with one attached hydrogen (secondary N) is 1. The number of carbonyl (C=O) groups is 1. The predicted molar refractivity (Wildman–Crippen MR) is 86.5 cm³/mol. The third-order valence-corrected chi connectivity index (χ3v) is 5.44. The average molecular weight is 320 g/mol. The maximum absolute atomic E-state index is 13.7. The Morgan fingerprint density at radius 2 is 2.13 bits per heavy atom. The van der Waals surface area contributed by atoms with Crippen LogP contribution >= 0.6 is 0 Å². The Bertz CT molecular complexity index is 558. The summed E-state index contributed by atoms with van der Waals surface area (Å²) >= 11 is 0. The number of rotatable bonds is 4. The molecule has 5 heteroatoms. The van der Waals surface area contributed by atoms with E-state index in [1.165, 1.54) is 12.1 Å². The maximum Gasteiger partial charge on any atom is 0.231 e. The Morgan fingerprint density at radius 3 is 2.83 bits per heavy atom. The van der Waals surface area contributed by atoms with Gasteiger partial charge in [0, 0.05) is 19.3 Å². The number of benzene rings is 1. The summed E-state index contributed by atoms with van der Waals surface area (Å²) in [5.41, 5.74) is 5.88. The van der Waals surface area contributed by atoms with Gasteiger partial charge in [-0.05, 0) is 55.8 Å². The summed E-state index contributed by atoms with van der Waals surface area (Å²) in [4.78, 5) is 13.1. The van der Waals surface area contributed by atoms with Crippen molar-refractivity contribution in [3.63, 3.8) is 0 Å². The number of nitrogens with two attached hydrogens (primary N) is 1. The number of hydrogen-bond donors (Lipinski definition) is 2. The molecule has 4 nitrogen and oxygen atoms in total. The first-order valence-corrected chi connectivity index (χ1v) is 8.50. The zero-order valence-electron chi connectivity index (χ0n) is 13.4. The van der Waals surface area contributed by atoms with E-state index in [0.717, 1.165) is 24.8 Å². The highest BCUT2D eigenvalue weighted by atomic mass is 19.1. The second-order valence-corrected chi connectivity index (χ2v) is 6.71. The highest BCUT2D eigenvalue weighted by molar-refractivity contribution is 5.88. The van der Waals surface area contributed by atoms with Crippen molar-refractivity contribution in [1.29, 1.82) is 0 Å². The molecule has 1 saturated carbocycles. The molecule has 0 bridgehead atoms. The van der Waals surface area contributed by atoms with Crippen molar-refractivity contribution in [2.75, 3.05) is 19.8 Å². The van der Waals surface area contributed by atoms with E-state index in [0.29, 0.717) is 38.5 Å². The molecule has 0 radical (unpaired) electrons. The minimum Gasteiger partial charge on any atom is -0.381 e. The maximum atomic E-state index is 13.7. The molecule has 2 aliphatic rings. The quantitative estimate of drug-likeness (QED) is 0.893. The lowest BCUT2D eigenvalue weighted by atomic mass is 9.73. The first-order valence-electron chi connectivity index (χ1n) is 8.50. The van der Waals surface area contributed by atoms with Gasteiger partial charge in [0.25, 0.3) is 0 Å². The fraction of sp³-hybridized carbons (Fsp3) is 0.611. The van der Waals surface area contributed by atoms with Gasteiger partial charge in [-0.2, -0.15) is 0 Å². The van der Waals surface area contributed by atoms with Crippen LogP contribution in [0.2, 0.25) is 0 Å². The zero-order chi connectivity index (χ0) is 16.3. The lowest BCUT2D eigenvalue weighted by Gasteiger charge is -2.37. The lowest BCUT2D eigenvalue weighted by Crippen LogP contribution is -2.52. The highest BCUT2D eigenvalue weighted by Crippen LogP contribution is 2.36. The van der Waals surface area contributed by atoms with Crippen LogP contribution in [0.5, 0.6) is 0 Å². The van der Waals surface area contributed by atoms with E-state index >= 15 is 0 Å². The number of ether oxygens (including phenoxy) is 1. The fourth-order valence-electron chi connectivity index (χ4n) is 3.97. The van der Waals surface area contributed by atoms with Crippen molar-refractivity contribution >= 4 is 5.91 Å². The van der Waals surface area contributed by atoms with Crippen molar-refractivity contribution in [3.8, 4) is 0 Å². The lowest BCUT2D eigenvalue weighted by molar-refractivity contribution is -0.131. The molecule has 1 amide bonds. The third-order valence-electron chi connectivity index (χ3n) is 5.44. The van der Waals surface area contributed by atoms with Crippen molar-refractivity contribution in [2.45, 2.75) is 43.6 Å². The Hall–Kier alpha value is -1.46. The van der Waals surface area contributed by atoms with Gasteiger partial charge in [0.05, 0.1) is 5.41 Å². The molecule has 0 aromatic heterocycles. The van der Waals surface area contributed by atoms with Crippen LogP contribution in [0.4, 0.5) is 4.39 Å². The first kappa shape index (κ1) is 16.4. The molecule has 1 aliphatic heterocycles.